The molecule has 0 fully saturated rings. The highest BCUT2D eigenvalue weighted by molar-refractivity contribution is 7.45. The van der Waals surface area contributed by atoms with Crippen LogP contribution in [0.3, 0.4) is 0 Å². The standard InChI is InChI=1S/C84H140NO8P/c1-6-8-10-12-14-16-18-20-22-24-26-28-30-32-34-36-37-38-39-40-41-42-43-44-45-46-47-49-51-53-55-57-59-61-63-65-67-69-71-73-75-77-84(87)93-82(81-92-94(88,89)91-79-78-85(3,4)5)80-90-83(86)76-74-72-70-68-66-64-62-60-58-56-54-52-50-48-35-33-31-29-27-25-23-21-19-17-15-13-11-9-7-2/h8-11,14-17,20-23,26-29,32-35,37-38,40-41,43-44,46-47,82H,6-7,12-13,18-19,24-25,30-31,36,39,42,45,48-81H2,1-5H3/b10-8-,11-9-,16-14-,17-15-,22-20-,23-21-,28-26-,29-27-,34-32-,35-33-,38-37-,41-40-,44-43-,47-46-. The molecule has 0 rings (SSSR count). The molecule has 0 aromatic carbocycles. The van der Waals surface area contributed by atoms with E-state index in [1.54, 1.807) is 0 Å². The molecule has 0 aliphatic carbocycles. The van der Waals surface area contributed by atoms with E-state index < -0.39 is 26.5 Å². The van der Waals surface area contributed by atoms with Crippen LogP contribution in [0.1, 0.15) is 296 Å². The number of hydrogen-bond donors (Lipinski definition) is 0. The minimum absolute atomic E-state index is 0.0377. The quantitative estimate of drug-likeness (QED) is 0.0195. The largest absolute Gasteiger partial charge is 0.756 e. The third-order valence-electron chi connectivity index (χ3n) is 15.7. The van der Waals surface area contributed by atoms with Crippen molar-refractivity contribution in [3.8, 4) is 0 Å². The zero-order valence-corrected chi connectivity index (χ0v) is 61.7. The second-order valence-electron chi connectivity index (χ2n) is 25.9. The summed E-state index contributed by atoms with van der Waals surface area (Å²) in [6.07, 6.45) is 110. The molecule has 0 saturated heterocycles. The molecule has 2 unspecified atom stereocenters. The van der Waals surface area contributed by atoms with Crippen molar-refractivity contribution in [2.75, 3.05) is 47.5 Å². The maximum atomic E-state index is 12.9. The fraction of sp³-hybridized carbons (Fsp3) is 0.643. The van der Waals surface area contributed by atoms with Gasteiger partial charge in [-0.15, -0.1) is 0 Å². The fourth-order valence-corrected chi connectivity index (χ4v) is 10.8. The number of carbonyl (C=O) groups excluding carboxylic acids is 2. The van der Waals surface area contributed by atoms with Crippen LogP contribution in [0.5, 0.6) is 0 Å². The molecule has 0 N–H and O–H groups in total. The first-order valence-electron chi connectivity index (χ1n) is 37.8. The summed E-state index contributed by atoms with van der Waals surface area (Å²) in [5.41, 5.74) is 0. The molecular formula is C84H140NO8P. The lowest BCUT2D eigenvalue weighted by Crippen LogP contribution is -2.37. The lowest BCUT2D eigenvalue weighted by atomic mass is 10.0. The smallest absolute Gasteiger partial charge is 0.306 e. The van der Waals surface area contributed by atoms with Gasteiger partial charge >= 0.3 is 11.9 Å². The summed E-state index contributed by atoms with van der Waals surface area (Å²) in [4.78, 5) is 38.1. The van der Waals surface area contributed by atoms with Crippen LogP contribution in [0.15, 0.2) is 170 Å². The van der Waals surface area contributed by atoms with Gasteiger partial charge in [0.2, 0.25) is 0 Å². The maximum absolute atomic E-state index is 12.9. The van der Waals surface area contributed by atoms with Gasteiger partial charge in [-0.1, -0.05) is 325 Å². The van der Waals surface area contributed by atoms with Crippen LogP contribution in [0.4, 0.5) is 0 Å². The fourth-order valence-electron chi connectivity index (χ4n) is 10.0. The predicted octanol–water partition coefficient (Wildman–Crippen LogP) is 24.6. The zero-order valence-electron chi connectivity index (χ0n) is 60.8. The van der Waals surface area contributed by atoms with E-state index in [9.17, 15) is 19.0 Å². The number of likely N-dealkylation sites (N-methyl/N-ethyl adjacent to an activating group) is 1. The Bertz CT molecular complexity index is 2200. The van der Waals surface area contributed by atoms with Gasteiger partial charge in [-0.05, 0) is 128 Å². The first-order valence-corrected chi connectivity index (χ1v) is 39.3. The Morgan fingerprint density at radius 1 is 0.330 bits per heavy atom. The molecule has 0 aliphatic rings. The van der Waals surface area contributed by atoms with Crippen molar-refractivity contribution in [1.82, 2.24) is 0 Å². The van der Waals surface area contributed by atoms with Gasteiger partial charge < -0.3 is 27.9 Å². The summed E-state index contributed by atoms with van der Waals surface area (Å²) >= 11 is 0. The first kappa shape index (κ1) is 89.4. The van der Waals surface area contributed by atoms with Crippen LogP contribution in [-0.2, 0) is 32.7 Å². The summed E-state index contributed by atoms with van der Waals surface area (Å²) < 4.78 is 34.4. The number of phosphoric ester groups is 1. The van der Waals surface area contributed by atoms with Crippen molar-refractivity contribution in [1.29, 1.82) is 0 Å². The Morgan fingerprint density at radius 3 is 0.851 bits per heavy atom. The molecule has 0 radical (unpaired) electrons. The van der Waals surface area contributed by atoms with Gasteiger partial charge in [0.1, 0.15) is 19.8 Å². The van der Waals surface area contributed by atoms with E-state index in [0.717, 1.165) is 128 Å². The highest BCUT2D eigenvalue weighted by Gasteiger charge is 2.22. The minimum atomic E-state index is -4.65. The Hall–Kier alpha value is -4.63. The molecule has 534 valence electrons. The van der Waals surface area contributed by atoms with E-state index in [2.05, 4.69) is 184 Å². The number of nitrogens with zero attached hydrogens (tertiary/aromatic N) is 1. The van der Waals surface area contributed by atoms with Gasteiger partial charge in [-0.3, -0.25) is 14.2 Å². The second kappa shape index (κ2) is 72.6. The van der Waals surface area contributed by atoms with E-state index in [1.807, 2.05) is 21.1 Å². The zero-order chi connectivity index (χ0) is 68.3. The Morgan fingerprint density at radius 2 is 0.574 bits per heavy atom. The number of allylic oxidation sites excluding steroid dienone is 28. The molecule has 0 aliphatic heterocycles. The first-order chi connectivity index (χ1) is 46.0. The summed E-state index contributed by atoms with van der Waals surface area (Å²) in [7, 11) is 1.15. The molecule has 0 aromatic heterocycles. The van der Waals surface area contributed by atoms with Crippen molar-refractivity contribution in [2.24, 2.45) is 0 Å². The number of esters is 2. The number of ether oxygens (including phenoxy) is 2. The Kier molecular flexibility index (Phi) is 69.1. The molecule has 2 atom stereocenters. The number of unbranched alkanes of at least 4 members (excludes halogenated alkanes) is 26. The average molecular weight is 1320 g/mol. The van der Waals surface area contributed by atoms with Crippen LogP contribution in [0.2, 0.25) is 0 Å². The molecule has 0 amide bonds. The van der Waals surface area contributed by atoms with Crippen molar-refractivity contribution < 1.29 is 42.1 Å². The van der Waals surface area contributed by atoms with Crippen LogP contribution < -0.4 is 4.89 Å². The van der Waals surface area contributed by atoms with Crippen molar-refractivity contribution >= 4 is 19.8 Å². The van der Waals surface area contributed by atoms with Gasteiger partial charge in [0.15, 0.2) is 6.10 Å². The third-order valence-corrected chi connectivity index (χ3v) is 16.7. The molecule has 0 bridgehead atoms. The van der Waals surface area contributed by atoms with Crippen molar-refractivity contribution in [3.63, 3.8) is 0 Å². The van der Waals surface area contributed by atoms with Crippen LogP contribution in [0.25, 0.3) is 0 Å². The van der Waals surface area contributed by atoms with E-state index >= 15 is 0 Å². The number of rotatable bonds is 68. The molecule has 0 spiro atoms. The molecule has 9 nitrogen and oxygen atoms in total. The van der Waals surface area contributed by atoms with Gasteiger partial charge in [0, 0.05) is 12.8 Å². The van der Waals surface area contributed by atoms with Crippen molar-refractivity contribution in [2.45, 2.75) is 302 Å². The number of quaternary nitrogens is 1. The van der Waals surface area contributed by atoms with Gasteiger partial charge in [-0.2, -0.15) is 0 Å². The molecule has 0 heterocycles. The molecule has 10 heteroatoms. The lowest BCUT2D eigenvalue weighted by molar-refractivity contribution is -0.870. The predicted molar refractivity (Wildman–Crippen MR) is 406 cm³/mol. The Labute approximate surface area is 578 Å². The minimum Gasteiger partial charge on any atom is -0.756 e. The number of carbonyl (C=O) groups is 2. The molecular weight excluding hydrogens is 1180 g/mol. The van der Waals surface area contributed by atoms with Gasteiger partial charge in [0.25, 0.3) is 7.82 Å². The van der Waals surface area contributed by atoms with Gasteiger partial charge in [-0.25, -0.2) is 0 Å². The number of phosphoric acid groups is 1. The maximum Gasteiger partial charge on any atom is 0.306 e. The lowest BCUT2D eigenvalue weighted by Gasteiger charge is -2.28. The van der Waals surface area contributed by atoms with Crippen LogP contribution in [-0.4, -0.2) is 70.0 Å². The van der Waals surface area contributed by atoms with Gasteiger partial charge in [0.05, 0.1) is 27.7 Å². The molecule has 94 heavy (non-hydrogen) atoms. The summed E-state index contributed by atoms with van der Waals surface area (Å²) in [6, 6.07) is 0. The highest BCUT2D eigenvalue weighted by Crippen LogP contribution is 2.38. The summed E-state index contributed by atoms with van der Waals surface area (Å²) in [5.74, 6) is -0.838. The normalized spacial score (nSPS) is 14.1. The van der Waals surface area contributed by atoms with E-state index in [4.69, 9.17) is 18.5 Å². The van der Waals surface area contributed by atoms with Crippen LogP contribution in [0, 0.1) is 0 Å². The van der Waals surface area contributed by atoms with E-state index in [1.165, 1.54) is 135 Å². The summed E-state index contributed by atoms with van der Waals surface area (Å²) in [5, 5.41) is 0. The van der Waals surface area contributed by atoms with E-state index in [-0.39, 0.29) is 32.0 Å². The summed E-state index contributed by atoms with van der Waals surface area (Å²) in [6.45, 7) is 4.02. The third kappa shape index (κ3) is 76.4. The topological polar surface area (TPSA) is 111 Å². The monoisotopic (exact) mass is 1320 g/mol. The average Bonchev–Trinajstić information content (AvgIpc) is 1.57. The highest BCUT2D eigenvalue weighted by atomic mass is 31.2. The molecule has 0 saturated carbocycles. The number of hydrogen-bond acceptors (Lipinski definition) is 8. The van der Waals surface area contributed by atoms with Crippen LogP contribution >= 0.6 is 7.82 Å². The SMILES string of the molecule is CC/C=C\C/C=C\C/C=C\C/C=C\C/C=C\C/C=C\C/C=C\C/C=C\C/C=C\CCCCCCCCCCCCCCCC(=O)OC(COC(=O)CCCCCCCCCCCCCCC/C=C\C/C=C\C/C=C\C/C=C\C/C=C\CC)COP(=O)([O-])OCC[N+](C)(C)C. The van der Waals surface area contributed by atoms with E-state index in [0.29, 0.717) is 17.4 Å². The molecule has 0 aromatic rings. The Balaban J connectivity index is 4.05. The van der Waals surface area contributed by atoms with Crippen molar-refractivity contribution in [3.05, 3.63) is 170 Å². The second-order valence-corrected chi connectivity index (χ2v) is 27.3.